The van der Waals surface area contributed by atoms with E-state index in [-0.39, 0.29) is 44.5 Å². The Bertz CT molecular complexity index is 1280. The zero-order chi connectivity index (χ0) is 47.5. The first kappa shape index (κ1) is 60.3. The number of ether oxygens (including phenoxy) is 2. The molecule has 1 rings (SSSR count). The van der Waals surface area contributed by atoms with Crippen LogP contribution in [0.4, 0.5) is 0 Å². The van der Waals surface area contributed by atoms with Crippen molar-refractivity contribution in [3.8, 4) is 0 Å². The van der Waals surface area contributed by atoms with Crippen molar-refractivity contribution in [1.82, 2.24) is 0 Å². The molecule has 0 heterocycles. The first-order chi connectivity index (χ1) is 30.6. The first-order valence-electron chi connectivity index (χ1n) is 25.6. The first-order valence-corrected chi connectivity index (χ1v) is 27.0. The van der Waals surface area contributed by atoms with Crippen LogP contribution in [0.2, 0.25) is 0 Å². The Morgan fingerprint density at radius 2 is 1.16 bits per heavy atom. The molecule has 0 aromatic carbocycles. The van der Waals surface area contributed by atoms with Gasteiger partial charge in [0.1, 0.15) is 25.5 Å². The lowest BCUT2D eigenvalue weighted by Gasteiger charge is -2.28. The summed E-state index contributed by atoms with van der Waals surface area (Å²) < 4.78 is 33.9. The van der Waals surface area contributed by atoms with Crippen molar-refractivity contribution in [1.29, 1.82) is 0 Å². The molecule has 1 fully saturated rings. The van der Waals surface area contributed by atoms with Crippen molar-refractivity contribution in [2.75, 3.05) is 47.5 Å². The van der Waals surface area contributed by atoms with Gasteiger partial charge in [0.25, 0.3) is 7.82 Å². The smallest absolute Gasteiger partial charge is 0.306 e. The molecule has 0 spiro atoms. The number of nitrogens with zero attached hydrogens (tertiary/aromatic N) is 1. The van der Waals surface area contributed by atoms with Crippen molar-refractivity contribution in [3.05, 3.63) is 12.2 Å². The summed E-state index contributed by atoms with van der Waals surface area (Å²) in [5.74, 6) is -2.09. The number of carbonyl (C=O) groups excluding carboxylic acids is 3. The van der Waals surface area contributed by atoms with Crippen LogP contribution in [-0.2, 0) is 37.5 Å². The zero-order valence-corrected chi connectivity index (χ0v) is 42.0. The molecule has 376 valence electrons. The fourth-order valence-corrected chi connectivity index (χ4v) is 8.91. The van der Waals surface area contributed by atoms with Gasteiger partial charge in [0, 0.05) is 43.9 Å². The molecule has 0 aliphatic heterocycles. The van der Waals surface area contributed by atoms with Gasteiger partial charge in [-0.15, -0.1) is 0 Å². The van der Waals surface area contributed by atoms with Crippen molar-refractivity contribution < 1.29 is 62.2 Å². The number of likely N-dealkylation sites (N-methyl/N-ethyl adjacent to an activating group) is 1. The number of phosphoric acid groups is 1. The Morgan fingerprint density at radius 1 is 0.672 bits per heavy atom. The fourth-order valence-electron chi connectivity index (χ4n) is 8.18. The number of aliphatic hydroxyl groups is 3. The van der Waals surface area contributed by atoms with E-state index < -0.39 is 69.2 Å². The third-order valence-electron chi connectivity index (χ3n) is 12.3. The largest absolute Gasteiger partial charge is 0.756 e. The van der Waals surface area contributed by atoms with Crippen LogP contribution in [0.1, 0.15) is 206 Å². The van der Waals surface area contributed by atoms with Gasteiger partial charge in [-0.2, -0.15) is 0 Å². The van der Waals surface area contributed by atoms with Gasteiger partial charge < -0.3 is 43.2 Å². The van der Waals surface area contributed by atoms with Gasteiger partial charge in [0.2, 0.25) is 0 Å². The average Bonchev–Trinajstić information content (AvgIpc) is 3.49. The van der Waals surface area contributed by atoms with Gasteiger partial charge in [0.05, 0.1) is 46.1 Å². The van der Waals surface area contributed by atoms with Gasteiger partial charge in [-0.05, 0) is 25.7 Å². The predicted octanol–water partition coefficient (Wildman–Crippen LogP) is 9.85. The van der Waals surface area contributed by atoms with Crippen LogP contribution in [0.3, 0.4) is 0 Å². The maximum atomic E-state index is 12.9. The lowest BCUT2D eigenvalue weighted by atomic mass is 9.87. The monoisotopic (exact) mass is 932 g/mol. The summed E-state index contributed by atoms with van der Waals surface area (Å²) in [6.45, 7) is 3.73. The number of quaternary nitrogens is 1. The van der Waals surface area contributed by atoms with E-state index in [1.54, 1.807) is 12.2 Å². The molecule has 1 unspecified atom stereocenters. The molecule has 14 heteroatoms. The van der Waals surface area contributed by atoms with Crippen molar-refractivity contribution in [3.63, 3.8) is 0 Å². The van der Waals surface area contributed by atoms with Crippen LogP contribution in [0.5, 0.6) is 0 Å². The normalized spacial score (nSPS) is 19.8. The van der Waals surface area contributed by atoms with Gasteiger partial charge in [-0.25, -0.2) is 0 Å². The molecular weight excluding hydrogens is 838 g/mol. The second kappa shape index (κ2) is 37.3. The zero-order valence-electron chi connectivity index (χ0n) is 41.1. The molecular formula is C50H94NO12P. The highest BCUT2D eigenvalue weighted by molar-refractivity contribution is 7.45. The van der Waals surface area contributed by atoms with E-state index in [4.69, 9.17) is 18.5 Å². The molecule has 3 N–H and O–H groups in total. The van der Waals surface area contributed by atoms with Crippen LogP contribution in [0.25, 0.3) is 0 Å². The molecule has 0 bridgehead atoms. The summed E-state index contributed by atoms with van der Waals surface area (Å²) in [4.78, 5) is 50.8. The highest BCUT2D eigenvalue weighted by Gasteiger charge is 2.41. The molecule has 0 saturated heterocycles. The SMILES string of the molecule is CCCCCCCCCCCCCCCCCCCCCC(=O)O[C@H](COC(=O)CCCCC(=O)C[C@@H]1[C@@H](/C=C/[C@@H](O)CCCCC)[C@H](O)C[C@@H]1O)COP(=O)([O-])OCC[N+](C)(C)C. The average molecular weight is 932 g/mol. The van der Waals surface area contributed by atoms with E-state index in [9.17, 15) is 39.2 Å². The highest BCUT2D eigenvalue weighted by Crippen LogP contribution is 2.39. The second-order valence-electron chi connectivity index (χ2n) is 19.5. The van der Waals surface area contributed by atoms with E-state index in [0.29, 0.717) is 36.7 Å². The highest BCUT2D eigenvalue weighted by atomic mass is 31.2. The molecule has 7 atom stereocenters. The number of hydrogen-bond donors (Lipinski definition) is 3. The van der Waals surface area contributed by atoms with E-state index >= 15 is 0 Å². The van der Waals surface area contributed by atoms with Crippen LogP contribution in [0, 0.1) is 11.8 Å². The van der Waals surface area contributed by atoms with E-state index in [1.165, 1.54) is 96.3 Å². The molecule has 64 heavy (non-hydrogen) atoms. The van der Waals surface area contributed by atoms with Crippen LogP contribution >= 0.6 is 7.82 Å². The minimum Gasteiger partial charge on any atom is -0.756 e. The predicted molar refractivity (Wildman–Crippen MR) is 252 cm³/mol. The summed E-state index contributed by atoms with van der Waals surface area (Å²) in [6, 6.07) is 0. The lowest BCUT2D eigenvalue weighted by Crippen LogP contribution is -2.37. The van der Waals surface area contributed by atoms with Crippen molar-refractivity contribution in [2.24, 2.45) is 11.8 Å². The maximum absolute atomic E-state index is 12.9. The molecule has 0 aromatic rings. The number of aliphatic hydroxyl groups excluding tert-OH is 3. The third-order valence-corrected chi connectivity index (χ3v) is 13.2. The molecule has 0 amide bonds. The number of esters is 2. The number of unbranched alkanes of at least 4 members (excludes halogenated alkanes) is 21. The van der Waals surface area contributed by atoms with Crippen molar-refractivity contribution in [2.45, 2.75) is 231 Å². The molecule has 0 aromatic heterocycles. The lowest BCUT2D eigenvalue weighted by molar-refractivity contribution is -0.870. The number of ketones is 1. The summed E-state index contributed by atoms with van der Waals surface area (Å²) in [5, 5.41) is 31.4. The number of hydrogen-bond acceptors (Lipinski definition) is 12. The van der Waals surface area contributed by atoms with Crippen LogP contribution in [-0.4, -0.2) is 109 Å². The van der Waals surface area contributed by atoms with Crippen LogP contribution < -0.4 is 4.89 Å². The van der Waals surface area contributed by atoms with E-state index in [1.807, 2.05) is 21.1 Å². The molecule has 13 nitrogen and oxygen atoms in total. The molecule has 1 aliphatic rings. The van der Waals surface area contributed by atoms with Gasteiger partial charge in [-0.1, -0.05) is 161 Å². The second-order valence-corrected chi connectivity index (χ2v) is 20.9. The number of carbonyl (C=O) groups is 3. The Kier molecular flexibility index (Phi) is 35.2. The van der Waals surface area contributed by atoms with Crippen molar-refractivity contribution >= 4 is 25.5 Å². The van der Waals surface area contributed by atoms with E-state index in [2.05, 4.69) is 13.8 Å². The molecule has 1 aliphatic carbocycles. The Hall–Kier alpha value is -1.70. The third kappa shape index (κ3) is 33.7. The summed E-state index contributed by atoms with van der Waals surface area (Å²) in [7, 11) is 0.974. The topological polar surface area (TPSA) is 189 Å². The summed E-state index contributed by atoms with van der Waals surface area (Å²) in [6.07, 6.45) is 28.6. The number of Topliss-reactive ketones (excluding diaryl/α,β-unsaturated/α-hetero) is 1. The summed E-state index contributed by atoms with van der Waals surface area (Å²) in [5.41, 5.74) is 0. The number of rotatable bonds is 43. The van der Waals surface area contributed by atoms with Gasteiger partial charge >= 0.3 is 11.9 Å². The fraction of sp³-hybridized carbons (Fsp3) is 0.900. The Balaban J connectivity index is 2.42. The van der Waals surface area contributed by atoms with Crippen LogP contribution in [0.15, 0.2) is 12.2 Å². The Morgan fingerprint density at radius 3 is 1.70 bits per heavy atom. The van der Waals surface area contributed by atoms with Gasteiger partial charge in [-0.3, -0.25) is 18.9 Å². The molecule has 1 saturated carbocycles. The maximum Gasteiger partial charge on any atom is 0.306 e. The summed E-state index contributed by atoms with van der Waals surface area (Å²) >= 11 is 0. The quantitative estimate of drug-likeness (QED) is 0.0173. The minimum absolute atomic E-state index is 0.00553. The standard InChI is InChI=1S/C50H94NO12P/c1-6-8-10-11-12-13-14-15-16-17-18-19-20-21-22-23-24-25-27-33-50(57)63-44(41-62-64(58,59)61-37-36-51(3,4)5)40-60-49(56)32-29-28-31-43(53)38-46-45(47(54)39-48(46)55)35-34-42(52)30-26-9-7-2/h34-35,42,44-48,52,54-55H,6-33,36-41H2,1-5H3/b35-34+/t42-,44+,45+,46+,47+,48-/m0/s1. The van der Waals surface area contributed by atoms with Gasteiger partial charge in [0.15, 0.2) is 6.10 Å². The Labute approximate surface area is 389 Å². The van der Waals surface area contributed by atoms with E-state index in [0.717, 1.165) is 38.5 Å². The minimum atomic E-state index is -4.72. The molecule has 0 radical (unpaired) electrons. The number of phosphoric ester groups is 1.